The standard InChI is InChI=1S/C21H14ClN5O/c22-16-9-5-4-8-15(16)12-26-11-10-17-18(20(26)28)19(14-6-2-1-3-7-14)27-21(25-17)23-13-24-27/h1-11,13H,12H2. The Balaban J connectivity index is 1.81. The molecule has 0 saturated heterocycles. The minimum absolute atomic E-state index is 0.152. The molecule has 0 amide bonds. The normalized spacial score (nSPS) is 11.3. The van der Waals surface area contributed by atoms with Crippen LogP contribution in [0.2, 0.25) is 5.02 Å². The van der Waals surface area contributed by atoms with Gasteiger partial charge in [-0.3, -0.25) is 4.79 Å². The van der Waals surface area contributed by atoms with Crippen LogP contribution in [0.5, 0.6) is 0 Å². The van der Waals surface area contributed by atoms with Crippen molar-refractivity contribution in [1.29, 1.82) is 0 Å². The van der Waals surface area contributed by atoms with Gasteiger partial charge in [-0.1, -0.05) is 60.1 Å². The molecule has 5 aromatic rings. The van der Waals surface area contributed by atoms with Gasteiger partial charge in [-0.05, 0) is 17.7 Å². The third-order valence-electron chi connectivity index (χ3n) is 4.69. The Bertz CT molecular complexity index is 1370. The minimum Gasteiger partial charge on any atom is -0.310 e. The first-order valence-electron chi connectivity index (χ1n) is 8.74. The molecule has 28 heavy (non-hydrogen) atoms. The molecule has 3 aromatic heterocycles. The summed E-state index contributed by atoms with van der Waals surface area (Å²) in [6.07, 6.45) is 3.18. The summed E-state index contributed by atoms with van der Waals surface area (Å²) in [5.41, 5.74) is 2.86. The summed E-state index contributed by atoms with van der Waals surface area (Å²) in [4.78, 5) is 22.1. The van der Waals surface area contributed by atoms with E-state index in [1.807, 2.05) is 60.7 Å². The number of rotatable bonds is 3. The molecular weight excluding hydrogens is 374 g/mol. The van der Waals surface area contributed by atoms with Crippen molar-refractivity contribution in [3.63, 3.8) is 0 Å². The fourth-order valence-corrected chi connectivity index (χ4v) is 3.56. The van der Waals surface area contributed by atoms with Crippen molar-refractivity contribution in [2.75, 3.05) is 0 Å². The van der Waals surface area contributed by atoms with E-state index in [2.05, 4.69) is 15.1 Å². The molecule has 0 aliphatic carbocycles. The second-order valence-corrected chi connectivity index (χ2v) is 6.81. The average molecular weight is 388 g/mol. The molecule has 5 rings (SSSR count). The maximum atomic E-state index is 13.4. The van der Waals surface area contributed by atoms with E-state index >= 15 is 0 Å². The monoisotopic (exact) mass is 387 g/mol. The van der Waals surface area contributed by atoms with Crippen LogP contribution in [0.25, 0.3) is 27.9 Å². The van der Waals surface area contributed by atoms with Gasteiger partial charge in [-0.15, -0.1) is 0 Å². The Morgan fingerprint density at radius 3 is 2.57 bits per heavy atom. The highest BCUT2D eigenvalue weighted by molar-refractivity contribution is 6.31. The molecule has 0 aliphatic heterocycles. The Morgan fingerprint density at radius 1 is 0.964 bits per heavy atom. The number of benzene rings is 2. The summed E-state index contributed by atoms with van der Waals surface area (Å²) in [6.45, 7) is 0.373. The number of hydrogen-bond acceptors (Lipinski definition) is 4. The highest BCUT2D eigenvalue weighted by Crippen LogP contribution is 2.26. The van der Waals surface area contributed by atoms with Gasteiger partial charge in [0.2, 0.25) is 0 Å². The maximum absolute atomic E-state index is 13.4. The summed E-state index contributed by atoms with van der Waals surface area (Å²) >= 11 is 6.29. The quantitative estimate of drug-likeness (QED) is 0.472. The number of fused-ring (bicyclic) bond motifs is 2. The fraction of sp³-hybridized carbons (Fsp3) is 0.0476. The van der Waals surface area contributed by atoms with Crippen LogP contribution in [0, 0.1) is 0 Å². The largest absolute Gasteiger partial charge is 0.310 e. The molecule has 7 heteroatoms. The van der Waals surface area contributed by atoms with Gasteiger partial charge < -0.3 is 4.57 Å². The molecule has 6 nitrogen and oxygen atoms in total. The predicted molar refractivity (Wildman–Crippen MR) is 109 cm³/mol. The van der Waals surface area contributed by atoms with Gasteiger partial charge in [0.15, 0.2) is 0 Å². The first-order chi connectivity index (χ1) is 13.7. The molecule has 0 N–H and O–H groups in total. The van der Waals surface area contributed by atoms with Gasteiger partial charge in [0, 0.05) is 16.8 Å². The van der Waals surface area contributed by atoms with E-state index in [1.54, 1.807) is 15.3 Å². The summed E-state index contributed by atoms with van der Waals surface area (Å²) < 4.78 is 3.25. The van der Waals surface area contributed by atoms with Crippen LogP contribution < -0.4 is 5.56 Å². The van der Waals surface area contributed by atoms with Crippen LogP contribution in [-0.4, -0.2) is 24.1 Å². The van der Waals surface area contributed by atoms with Gasteiger partial charge in [0.1, 0.15) is 6.33 Å². The number of halogens is 1. The Hall–Kier alpha value is -3.51. The smallest absolute Gasteiger partial charge is 0.262 e. The molecule has 0 unspecified atom stereocenters. The van der Waals surface area contributed by atoms with E-state index in [9.17, 15) is 4.79 Å². The lowest BCUT2D eigenvalue weighted by atomic mass is 10.1. The number of nitrogens with zero attached hydrogens (tertiary/aromatic N) is 5. The van der Waals surface area contributed by atoms with Crippen LogP contribution in [0.1, 0.15) is 5.56 Å². The van der Waals surface area contributed by atoms with Crippen molar-refractivity contribution >= 4 is 28.3 Å². The fourth-order valence-electron chi connectivity index (χ4n) is 3.36. The molecule has 136 valence electrons. The van der Waals surface area contributed by atoms with Gasteiger partial charge in [-0.25, -0.2) is 4.98 Å². The van der Waals surface area contributed by atoms with Gasteiger partial charge in [0.25, 0.3) is 11.3 Å². The zero-order valence-corrected chi connectivity index (χ0v) is 15.4. The molecule has 0 aliphatic rings. The molecule has 3 heterocycles. The molecule has 0 radical (unpaired) electrons. The van der Waals surface area contributed by atoms with Crippen molar-refractivity contribution < 1.29 is 0 Å². The Morgan fingerprint density at radius 2 is 1.75 bits per heavy atom. The topological polar surface area (TPSA) is 65.1 Å². The molecule has 2 aromatic carbocycles. The second kappa shape index (κ2) is 6.58. The molecule has 0 bridgehead atoms. The lowest BCUT2D eigenvalue weighted by Crippen LogP contribution is -2.22. The summed E-state index contributed by atoms with van der Waals surface area (Å²) in [5.74, 6) is 0.453. The number of aromatic nitrogens is 5. The SMILES string of the molecule is O=c1c2c(-c3ccccc3)n3ncnc3nc2ccn1Cc1ccccc1Cl. The van der Waals surface area contributed by atoms with E-state index in [4.69, 9.17) is 11.6 Å². The summed E-state index contributed by atoms with van der Waals surface area (Å²) in [6, 6.07) is 19.0. The number of hydrogen-bond donors (Lipinski definition) is 0. The molecule has 0 fully saturated rings. The van der Waals surface area contributed by atoms with E-state index in [0.717, 1.165) is 11.1 Å². The summed E-state index contributed by atoms with van der Waals surface area (Å²) in [5, 5.41) is 5.41. The maximum Gasteiger partial charge on any atom is 0.262 e. The zero-order chi connectivity index (χ0) is 19.1. The molecule has 0 saturated carbocycles. The zero-order valence-electron chi connectivity index (χ0n) is 14.7. The predicted octanol–water partition coefficient (Wildman–Crippen LogP) is 3.81. The van der Waals surface area contributed by atoms with Crippen LogP contribution >= 0.6 is 11.6 Å². The van der Waals surface area contributed by atoms with Crippen molar-refractivity contribution in [2.45, 2.75) is 6.54 Å². The first-order valence-corrected chi connectivity index (χ1v) is 9.12. The lowest BCUT2D eigenvalue weighted by Gasteiger charge is -2.12. The van der Waals surface area contributed by atoms with E-state index < -0.39 is 0 Å². The third-order valence-corrected chi connectivity index (χ3v) is 5.06. The molecule has 0 spiro atoms. The van der Waals surface area contributed by atoms with E-state index in [0.29, 0.717) is 33.9 Å². The van der Waals surface area contributed by atoms with Gasteiger partial charge in [0.05, 0.1) is 23.1 Å². The van der Waals surface area contributed by atoms with Gasteiger partial charge >= 0.3 is 0 Å². The van der Waals surface area contributed by atoms with Crippen molar-refractivity contribution in [2.24, 2.45) is 0 Å². The Labute approximate surface area is 164 Å². The molecular formula is C21H14ClN5O. The van der Waals surface area contributed by atoms with E-state index in [1.165, 1.54) is 6.33 Å². The number of pyridine rings is 1. The van der Waals surface area contributed by atoms with Crippen molar-refractivity contribution in [3.05, 3.63) is 94.1 Å². The van der Waals surface area contributed by atoms with Crippen LogP contribution in [0.4, 0.5) is 0 Å². The van der Waals surface area contributed by atoms with Gasteiger partial charge in [-0.2, -0.15) is 14.6 Å². The minimum atomic E-state index is -0.152. The lowest BCUT2D eigenvalue weighted by molar-refractivity contribution is 0.766. The van der Waals surface area contributed by atoms with Crippen LogP contribution in [0.15, 0.2) is 78.0 Å². The van der Waals surface area contributed by atoms with Crippen LogP contribution in [-0.2, 0) is 6.54 Å². The highest BCUT2D eigenvalue weighted by Gasteiger charge is 2.17. The third kappa shape index (κ3) is 2.66. The summed E-state index contributed by atoms with van der Waals surface area (Å²) in [7, 11) is 0. The van der Waals surface area contributed by atoms with Crippen LogP contribution in [0.3, 0.4) is 0 Å². The van der Waals surface area contributed by atoms with E-state index in [-0.39, 0.29) is 5.56 Å². The van der Waals surface area contributed by atoms with Crippen molar-refractivity contribution in [3.8, 4) is 11.3 Å². The Kier molecular flexibility index (Phi) is 3.91. The first kappa shape index (κ1) is 16.6. The second-order valence-electron chi connectivity index (χ2n) is 6.40. The highest BCUT2D eigenvalue weighted by atomic mass is 35.5. The molecule has 0 atom stereocenters. The average Bonchev–Trinajstić information content (AvgIpc) is 3.19. The van der Waals surface area contributed by atoms with Crippen molar-refractivity contribution in [1.82, 2.24) is 24.1 Å².